The molecule has 2 aromatic heterocycles. The number of methoxy groups -OCH3 is 2. The summed E-state index contributed by atoms with van der Waals surface area (Å²) in [6.07, 6.45) is 7.21. The van der Waals surface area contributed by atoms with E-state index in [1.54, 1.807) is 37.1 Å². The Hall–Kier alpha value is -1.63. The molecule has 134 valence electrons. The zero-order valence-corrected chi connectivity index (χ0v) is 15.2. The number of amides is 1. The summed E-state index contributed by atoms with van der Waals surface area (Å²) in [4.78, 5) is 19.5. The summed E-state index contributed by atoms with van der Waals surface area (Å²) in [6, 6.07) is 3.61. The number of aromatic nitrogens is 2. The highest BCUT2D eigenvalue weighted by Gasteiger charge is 2.52. The van der Waals surface area contributed by atoms with Crippen molar-refractivity contribution in [1.82, 2.24) is 14.3 Å². The molecule has 1 aliphatic heterocycles. The lowest BCUT2D eigenvalue weighted by molar-refractivity contribution is -0.0894. The average Bonchev–Trinajstić information content (AvgIpc) is 3.21. The van der Waals surface area contributed by atoms with Crippen molar-refractivity contribution in [1.29, 1.82) is 0 Å². The van der Waals surface area contributed by atoms with Gasteiger partial charge in [-0.2, -0.15) is 0 Å². The molecule has 0 spiro atoms. The van der Waals surface area contributed by atoms with Crippen molar-refractivity contribution in [2.24, 2.45) is 0 Å². The molecular formula is C18H22ClN3O3. The van der Waals surface area contributed by atoms with Gasteiger partial charge in [-0.15, -0.1) is 0 Å². The number of pyridine rings is 1. The minimum Gasteiger partial charge on any atom is -0.381 e. The third-order valence-electron chi connectivity index (χ3n) is 5.77. The molecule has 0 unspecified atom stereocenters. The zero-order chi connectivity index (χ0) is 17.6. The summed E-state index contributed by atoms with van der Waals surface area (Å²) in [5.41, 5.74) is 0.893. The van der Waals surface area contributed by atoms with Gasteiger partial charge in [-0.1, -0.05) is 11.6 Å². The normalized spacial score (nSPS) is 29.2. The monoisotopic (exact) mass is 363 g/mol. The Morgan fingerprint density at radius 2 is 2.16 bits per heavy atom. The second-order valence-electron chi connectivity index (χ2n) is 6.90. The van der Waals surface area contributed by atoms with Crippen LogP contribution in [0.5, 0.6) is 0 Å². The third-order valence-corrected chi connectivity index (χ3v) is 5.99. The molecule has 1 saturated carbocycles. The van der Waals surface area contributed by atoms with Gasteiger partial charge in [-0.3, -0.25) is 4.79 Å². The van der Waals surface area contributed by atoms with E-state index < -0.39 is 0 Å². The van der Waals surface area contributed by atoms with E-state index in [4.69, 9.17) is 21.1 Å². The lowest BCUT2D eigenvalue weighted by Gasteiger charge is -2.43. The second kappa shape index (κ2) is 6.27. The maximum Gasteiger partial charge on any atom is 0.274 e. The van der Waals surface area contributed by atoms with Crippen molar-refractivity contribution in [3.8, 4) is 0 Å². The highest BCUT2D eigenvalue weighted by molar-refractivity contribution is 6.30. The van der Waals surface area contributed by atoms with Crippen molar-refractivity contribution in [3.63, 3.8) is 0 Å². The van der Waals surface area contributed by atoms with E-state index >= 15 is 0 Å². The van der Waals surface area contributed by atoms with Gasteiger partial charge in [0.05, 0.1) is 22.8 Å². The van der Waals surface area contributed by atoms with E-state index in [-0.39, 0.29) is 23.7 Å². The van der Waals surface area contributed by atoms with Gasteiger partial charge < -0.3 is 18.8 Å². The van der Waals surface area contributed by atoms with Crippen LogP contribution in [0.1, 0.15) is 36.2 Å². The van der Waals surface area contributed by atoms with Gasteiger partial charge in [0.1, 0.15) is 11.3 Å². The molecule has 2 fully saturated rings. The van der Waals surface area contributed by atoms with Crippen molar-refractivity contribution in [3.05, 3.63) is 35.2 Å². The van der Waals surface area contributed by atoms with Crippen LogP contribution in [0.2, 0.25) is 5.02 Å². The molecule has 4 rings (SSSR count). The van der Waals surface area contributed by atoms with Gasteiger partial charge in [0.15, 0.2) is 0 Å². The predicted octanol–water partition coefficient (Wildman–Crippen LogP) is 2.79. The molecular weight excluding hydrogens is 342 g/mol. The van der Waals surface area contributed by atoms with E-state index in [9.17, 15) is 4.79 Å². The van der Waals surface area contributed by atoms with Gasteiger partial charge in [-0.25, -0.2) is 4.98 Å². The highest BCUT2D eigenvalue weighted by atomic mass is 35.5. The van der Waals surface area contributed by atoms with Crippen LogP contribution in [0.25, 0.3) is 5.65 Å². The Morgan fingerprint density at radius 3 is 2.92 bits per heavy atom. The van der Waals surface area contributed by atoms with Crippen LogP contribution in [0.4, 0.5) is 0 Å². The molecule has 1 saturated heterocycles. The van der Waals surface area contributed by atoms with Gasteiger partial charge in [0.25, 0.3) is 5.91 Å². The van der Waals surface area contributed by atoms with E-state index in [1.165, 1.54) is 0 Å². The molecule has 7 heteroatoms. The molecule has 0 radical (unpaired) electrons. The number of likely N-dealkylation sites (tertiary alicyclic amines) is 1. The van der Waals surface area contributed by atoms with Gasteiger partial charge in [-0.05, 0) is 37.8 Å². The molecule has 2 aromatic rings. The third kappa shape index (κ3) is 2.72. The smallest absolute Gasteiger partial charge is 0.274 e. The standard InChI is InChI=1S/C18H22ClN3O3/c1-24-13-5-6-18(25-2)7-8-22(15(18)9-13)17(23)14-11-21-10-12(19)3-4-16(21)20-14/h3-4,10-11,13,15H,5-9H2,1-2H3/t13-,15-,18+/m0/s1. The summed E-state index contributed by atoms with van der Waals surface area (Å²) in [6.45, 7) is 0.683. The van der Waals surface area contributed by atoms with Crippen LogP contribution < -0.4 is 0 Å². The number of halogens is 1. The van der Waals surface area contributed by atoms with Crippen molar-refractivity contribution in [2.75, 3.05) is 20.8 Å². The molecule has 2 aliphatic rings. The fourth-order valence-corrected chi connectivity index (χ4v) is 4.50. The molecule has 0 N–H and O–H groups in total. The first-order valence-corrected chi connectivity index (χ1v) is 8.97. The fourth-order valence-electron chi connectivity index (χ4n) is 4.33. The number of rotatable bonds is 3. The minimum atomic E-state index is -0.257. The van der Waals surface area contributed by atoms with Crippen molar-refractivity contribution in [2.45, 2.75) is 43.4 Å². The van der Waals surface area contributed by atoms with Crippen LogP contribution >= 0.6 is 11.6 Å². The Labute approximate surface area is 151 Å². The molecule has 0 aromatic carbocycles. The zero-order valence-electron chi connectivity index (χ0n) is 14.4. The number of carbonyl (C=O) groups is 1. The van der Waals surface area contributed by atoms with Crippen molar-refractivity contribution >= 4 is 23.2 Å². The van der Waals surface area contributed by atoms with Gasteiger partial charge in [0, 0.05) is 33.2 Å². The SMILES string of the molecule is CO[C@H]1CC[C@@]2(OC)CCN(C(=O)c3cn4cc(Cl)ccc4n3)[C@H]2C1. The number of hydrogen-bond acceptors (Lipinski definition) is 4. The van der Waals surface area contributed by atoms with E-state index in [2.05, 4.69) is 4.98 Å². The molecule has 1 aliphatic carbocycles. The molecule has 3 atom stereocenters. The molecule has 6 nitrogen and oxygen atoms in total. The maximum absolute atomic E-state index is 13.1. The predicted molar refractivity (Wildman–Crippen MR) is 94.0 cm³/mol. The maximum atomic E-state index is 13.1. The molecule has 25 heavy (non-hydrogen) atoms. The number of carbonyl (C=O) groups excluding carboxylic acids is 1. The van der Waals surface area contributed by atoms with Crippen LogP contribution in [0.3, 0.4) is 0 Å². The first-order chi connectivity index (χ1) is 12.1. The Bertz CT molecular complexity index is 808. The molecule has 1 amide bonds. The summed E-state index contributed by atoms with van der Waals surface area (Å²) in [7, 11) is 3.48. The largest absolute Gasteiger partial charge is 0.381 e. The van der Waals surface area contributed by atoms with Crippen LogP contribution in [0.15, 0.2) is 24.5 Å². The molecule has 0 bridgehead atoms. The van der Waals surface area contributed by atoms with E-state index in [0.717, 1.165) is 25.7 Å². The number of nitrogens with zero attached hydrogens (tertiary/aromatic N) is 3. The van der Waals surface area contributed by atoms with Crippen molar-refractivity contribution < 1.29 is 14.3 Å². The van der Waals surface area contributed by atoms with Gasteiger partial charge in [0.2, 0.25) is 0 Å². The fraction of sp³-hybridized carbons (Fsp3) is 0.556. The molecule has 3 heterocycles. The first kappa shape index (κ1) is 16.8. The van der Waals surface area contributed by atoms with Gasteiger partial charge >= 0.3 is 0 Å². The minimum absolute atomic E-state index is 0.0251. The second-order valence-corrected chi connectivity index (χ2v) is 7.34. The lowest BCUT2D eigenvalue weighted by atomic mass is 9.79. The number of ether oxygens (including phenoxy) is 2. The number of hydrogen-bond donors (Lipinski definition) is 0. The Balaban J connectivity index is 1.64. The number of imidazole rings is 1. The summed E-state index contributed by atoms with van der Waals surface area (Å²) >= 11 is 6.02. The topological polar surface area (TPSA) is 56.1 Å². The summed E-state index contributed by atoms with van der Waals surface area (Å²) in [5.74, 6) is -0.0551. The Morgan fingerprint density at radius 1 is 1.32 bits per heavy atom. The van der Waals surface area contributed by atoms with Crippen LogP contribution in [-0.2, 0) is 9.47 Å². The Kier molecular flexibility index (Phi) is 4.22. The average molecular weight is 364 g/mol. The first-order valence-electron chi connectivity index (χ1n) is 8.59. The quantitative estimate of drug-likeness (QED) is 0.841. The summed E-state index contributed by atoms with van der Waals surface area (Å²) < 4.78 is 13.2. The number of fused-ring (bicyclic) bond motifs is 2. The highest BCUT2D eigenvalue weighted by Crippen LogP contribution is 2.43. The van der Waals surface area contributed by atoms with Crippen LogP contribution in [0, 0.1) is 0 Å². The van der Waals surface area contributed by atoms with E-state index in [1.807, 2.05) is 11.0 Å². The van der Waals surface area contributed by atoms with Crippen LogP contribution in [-0.4, -0.2) is 58.7 Å². The van der Waals surface area contributed by atoms with E-state index in [0.29, 0.717) is 22.9 Å². The summed E-state index contributed by atoms with van der Waals surface area (Å²) in [5, 5.41) is 0.610. The lowest BCUT2D eigenvalue weighted by Crippen LogP contribution is -2.53.